The topological polar surface area (TPSA) is 54.5 Å². The highest BCUT2D eigenvalue weighted by Crippen LogP contribution is 2.00. The van der Waals surface area contributed by atoms with Gasteiger partial charge in [0.2, 0.25) is 5.91 Å². The zero-order valence-corrected chi connectivity index (χ0v) is 11.2. The Balaban J connectivity index is 1.57. The Morgan fingerprint density at radius 2 is 2.26 bits per heavy atom. The predicted molar refractivity (Wildman–Crippen MR) is 72.8 cm³/mol. The van der Waals surface area contributed by atoms with Gasteiger partial charge in [0.25, 0.3) is 0 Å². The van der Waals surface area contributed by atoms with Crippen molar-refractivity contribution >= 4 is 5.91 Å². The van der Waals surface area contributed by atoms with Gasteiger partial charge in [-0.3, -0.25) is 14.7 Å². The van der Waals surface area contributed by atoms with Crippen molar-refractivity contribution in [2.75, 3.05) is 39.4 Å². The van der Waals surface area contributed by atoms with Gasteiger partial charge < -0.3 is 10.1 Å². The normalized spacial score (nSPS) is 16.2. The molecule has 1 aliphatic heterocycles. The number of aryl methyl sites for hydroxylation is 1. The zero-order chi connectivity index (χ0) is 13.3. The van der Waals surface area contributed by atoms with Crippen LogP contribution in [0.2, 0.25) is 0 Å². The third-order valence-electron chi connectivity index (χ3n) is 3.22. The lowest BCUT2D eigenvalue weighted by Crippen LogP contribution is -2.41. The summed E-state index contributed by atoms with van der Waals surface area (Å²) in [7, 11) is 0. The van der Waals surface area contributed by atoms with Crippen LogP contribution in [0.15, 0.2) is 24.5 Å². The number of morpholine rings is 1. The summed E-state index contributed by atoms with van der Waals surface area (Å²) in [5, 5.41) is 2.96. The van der Waals surface area contributed by atoms with Gasteiger partial charge in [-0.25, -0.2) is 0 Å². The number of hydrogen-bond donors (Lipinski definition) is 1. The second kappa shape index (κ2) is 7.86. The first kappa shape index (κ1) is 14.0. The van der Waals surface area contributed by atoms with E-state index in [9.17, 15) is 4.79 Å². The van der Waals surface area contributed by atoms with Crippen LogP contribution in [0.5, 0.6) is 0 Å². The number of carbonyl (C=O) groups is 1. The van der Waals surface area contributed by atoms with Gasteiger partial charge in [0, 0.05) is 45.0 Å². The van der Waals surface area contributed by atoms with Crippen molar-refractivity contribution in [3.8, 4) is 0 Å². The van der Waals surface area contributed by atoms with Crippen molar-refractivity contribution in [3.63, 3.8) is 0 Å². The van der Waals surface area contributed by atoms with E-state index >= 15 is 0 Å². The summed E-state index contributed by atoms with van der Waals surface area (Å²) in [6.07, 6.45) is 4.82. The molecule has 1 aromatic rings. The average Bonchev–Trinajstić information content (AvgIpc) is 2.47. The molecule has 0 spiro atoms. The Morgan fingerprint density at radius 1 is 1.42 bits per heavy atom. The molecule has 1 amide bonds. The highest BCUT2D eigenvalue weighted by atomic mass is 16.5. The number of carbonyl (C=O) groups excluding carboxylic acids is 1. The second-order valence-electron chi connectivity index (χ2n) is 4.67. The van der Waals surface area contributed by atoms with Crippen LogP contribution in [0.25, 0.3) is 0 Å². The predicted octanol–water partition coefficient (Wildman–Crippen LogP) is 0.463. The summed E-state index contributed by atoms with van der Waals surface area (Å²) in [5.41, 5.74) is 1.10. The van der Waals surface area contributed by atoms with Gasteiger partial charge in [0.1, 0.15) is 0 Å². The van der Waals surface area contributed by atoms with Crippen LogP contribution < -0.4 is 5.32 Å². The third kappa shape index (κ3) is 5.36. The average molecular weight is 263 g/mol. The minimum Gasteiger partial charge on any atom is -0.379 e. The fourth-order valence-corrected chi connectivity index (χ4v) is 2.07. The monoisotopic (exact) mass is 263 g/mol. The van der Waals surface area contributed by atoms with E-state index in [0.29, 0.717) is 13.0 Å². The van der Waals surface area contributed by atoms with Gasteiger partial charge in [-0.2, -0.15) is 0 Å². The van der Waals surface area contributed by atoms with Gasteiger partial charge in [0.05, 0.1) is 13.2 Å². The van der Waals surface area contributed by atoms with E-state index in [0.717, 1.165) is 44.8 Å². The smallest absolute Gasteiger partial charge is 0.220 e. The Bertz CT molecular complexity index is 378. The third-order valence-corrected chi connectivity index (χ3v) is 3.22. The zero-order valence-electron chi connectivity index (χ0n) is 11.2. The molecule has 1 aromatic heterocycles. The summed E-state index contributed by atoms with van der Waals surface area (Å²) in [4.78, 5) is 18.0. The number of ether oxygens (including phenoxy) is 1. The molecule has 1 fully saturated rings. The van der Waals surface area contributed by atoms with Gasteiger partial charge in [-0.05, 0) is 18.1 Å². The number of nitrogens with zero attached hydrogens (tertiary/aromatic N) is 2. The first-order valence-corrected chi connectivity index (χ1v) is 6.80. The van der Waals surface area contributed by atoms with E-state index in [1.54, 1.807) is 12.4 Å². The molecule has 0 atom stereocenters. The lowest BCUT2D eigenvalue weighted by Gasteiger charge is -2.26. The Kier molecular flexibility index (Phi) is 5.78. The number of aromatic nitrogens is 1. The summed E-state index contributed by atoms with van der Waals surface area (Å²) < 4.78 is 5.28. The van der Waals surface area contributed by atoms with E-state index in [-0.39, 0.29) is 5.91 Å². The fraction of sp³-hybridized carbons (Fsp3) is 0.571. The molecule has 19 heavy (non-hydrogen) atoms. The van der Waals surface area contributed by atoms with E-state index in [1.807, 2.05) is 12.1 Å². The number of nitrogens with one attached hydrogen (secondary N) is 1. The molecule has 1 aliphatic rings. The summed E-state index contributed by atoms with van der Waals surface area (Å²) in [6.45, 7) is 5.15. The standard InChI is InChI=1S/C14H21N3O2/c18-14(4-3-13-2-1-5-15-12-13)16-6-7-17-8-10-19-11-9-17/h1-2,5,12H,3-4,6-11H2,(H,16,18). The highest BCUT2D eigenvalue weighted by Gasteiger charge is 2.10. The Labute approximate surface area is 114 Å². The van der Waals surface area contributed by atoms with Crippen molar-refractivity contribution < 1.29 is 9.53 Å². The Hall–Kier alpha value is -1.46. The van der Waals surface area contributed by atoms with Crippen LogP contribution in [0.1, 0.15) is 12.0 Å². The van der Waals surface area contributed by atoms with Gasteiger partial charge in [-0.1, -0.05) is 6.07 Å². The molecule has 0 aromatic carbocycles. The number of hydrogen-bond acceptors (Lipinski definition) is 4. The highest BCUT2D eigenvalue weighted by molar-refractivity contribution is 5.76. The lowest BCUT2D eigenvalue weighted by molar-refractivity contribution is -0.121. The van der Waals surface area contributed by atoms with Crippen molar-refractivity contribution in [3.05, 3.63) is 30.1 Å². The molecule has 5 nitrogen and oxygen atoms in total. The van der Waals surface area contributed by atoms with Gasteiger partial charge in [0.15, 0.2) is 0 Å². The van der Waals surface area contributed by atoms with Crippen LogP contribution in [0, 0.1) is 0 Å². The lowest BCUT2D eigenvalue weighted by atomic mass is 10.1. The van der Waals surface area contributed by atoms with Crippen LogP contribution in [0.4, 0.5) is 0 Å². The molecule has 0 unspecified atom stereocenters. The first-order chi connectivity index (χ1) is 9.34. The summed E-state index contributed by atoms with van der Waals surface area (Å²) in [5.74, 6) is 0.108. The quantitative estimate of drug-likeness (QED) is 0.810. The van der Waals surface area contributed by atoms with Crippen LogP contribution in [0.3, 0.4) is 0 Å². The molecule has 0 radical (unpaired) electrons. The number of rotatable bonds is 6. The molecule has 5 heteroatoms. The van der Waals surface area contributed by atoms with Gasteiger partial charge >= 0.3 is 0 Å². The molecule has 1 saturated heterocycles. The maximum Gasteiger partial charge on any atom is 0.220 e. The van der Waals surface area contributed by atoms with Crippen molar-refractivity contribution in [2.45, 2.75) is 12.8 Å². The molecule has 0 bridgehead atoms. The Morgan fingerprint density at radius 3 is 3.00 bits per heavy atom. The van der Waals surface area contributed by atoms with Crippen molar-refractivity contribution in [1.82, 2.24) is 15.2 Å². The minimum atomic E-state index is 0.108. The van der Waals surface area contributed by atoms with Crippen LogP contribution in [-0.4, -0.2) is 55.2 Å². The maximum absolute atomic E-state index is 11.7. The SMILES string of the molecule is O=C(CCc1cccnc1)NCCN1CCOCC1. The summed E-state index contributed by atoms with van der Waals surface area (Å²) >= 11 is 0. The van der Waals surface area contributed by atoms with E-state index in [4.69, 9.17) is 4.74 Å². The molecule has 0 saturated carbocycles. The van der Waals surface area contributed by atoms with Crippen molar-refractivity contribution in [1.29, 1.82) is 0 Å². The maximum atomic E-state index is 11.7. The molecule has 0 aliphatic carbocycles. The number of pyridine rings is 1. The minimum absolute atomic E-state index is 0.108. The molecular formula is C14H21N3O2. The molecule has 1 N–H and O–H groups in total. The van der Waals surface area contributed by atoms with Crippen molar-refractivity contribution in [2.24, 2.45) is 0 Å². The first-order valence-electron chi connectivity index (χ1n) is 6.80. The molecule has 2 heterocycles. The molecule has 2 rings (SSSR count). The number of amides is 1. The van der Waals surface area contributed by atoms with E-state index in [2.05, 4.69) is 15.2 Å². The molecular weight excluding hydrogens is 242 g/mol. The van der Waals surface area contributed by atoms with E-state index in [1.165, 1.54) is 0 Å². The fourth-order valence-electron chi connectivity index (χ4n) is 2.07. The van der Waals surface area contributed by atoms with E-state index < -0.39 is 0 Å². The van der Waals surface area contributed by atoms with Gasteiger partial charge in [-0.15, -0.1) is 0 Å². The van der Waals surface area contributed by atoms with Crippen LogP contribution in [-0.2, 0) is 16.0 Å². The largest absolute Gasteiger partial charge is 0.379 e. The summed E-state index contributed by atoms with van der Waals surface area (Å²) in [6, 6.07) is 3.89. The molecule has 104 valence electrons. The second-order valence-corrected chi connectivity index (χ2v) is 4.67. The van der Waals surface area contributed by atoms with Crippen LogP contribution >= 0.6 is 0 Å².